The van der Waals surface area contributed by atoms with Gasteiger partial charge in [-0.05, 0) is 0 Å². The predicted molar refractivity (Wildman–Crippen MR) is 52.7 cm³/mol. The van der Waals surface area contributed by atoms with E-state index in [9.17, 15) is 20.1 Å². The van der Waals surface area contributed by atoms with Crippen LogP contribution in [-0.2, 0) is 14.3 Å². The predicted octanol–water partition coefficient (Wildman–Crippen LogP) is -2.53. The number of carbonyl (C=O) groups is 1. The number of fused-ring (bicyclic) bond motifs is 2. The Morgan fingerprint density at radius 2 is 1.88 bits per heavy atom. The highest BCUT2D eigenvalue weighted by Crippen LogP contribution is 2.46. The van der Waals surface area contributed by atoms with Crippen molar-refractivity contribution in [3.63, 3.8) is 0 Å². The number of aliphatic hydroxyl groups is 3. The van der Waals surface area contributed by atoms with Crippen molar-refractivity contribution < 1.29 is 29.6 Å². The Kier molecular flexibility index (Phi) is 2.27. The fraction of sp³-hybridized carbons (Fsp3) is 0.900. The summed E-state index contributed by atoms with van der Waals surface area (Å²) in [5.41, 5.74) is -1.29. The first-order valence-electron chi connectivity index (χ1n) is 5.59. The minimum Gasteiger partial charge on any atom is -0.390 e. The van der Waals surface area contributed by atoms with Crippen LogP contribution in [0.4, 0.5) is 0 Å². The Morgan fingerprint density at radius 1 is 1.24 bits per heavy atom. The maximum absolute atomic E-state index is 11.2. The third-order valence-corrected chi connectivity index (χ3v) is 3.87. The molecule has 96 valence electrons. The van der Waals surface area contributed by atoms with E-state index in [0.717, 1.165) is 0 Å². The van der Waals surface area contributed by atoms with E-state index in [1.54, 1.807) is 0 Å². The molecule has 1 saturated carbocycles. The number of nitrogens with one attached hydrogen (secondary N) is 1. The summed E-state index contributed by atoms with van der Waals surface area (Å²) in [6.07, 6.45) is -5.37. The number of carbonyl (C=O) groups excluding carboxylic acids is 1. The van der Waals surface area contributed by atoms with Gasteiger partial charge in [-0.3, -0.25) is 4.79 Å². The molecule has 2 saturated heterocycles. The van der Waals surface area contributed by atoms with E-state index in [1.807, 2.05) is 0 Å². The van der Waals surface area contributed by atoms with Gasteiger partial charge in [0, 0.05) is 13.3 Å². The standard InChI is InChI=1S/C10H15NO6/c1-3(12)11-10-2-4(13)5-6(7(10)14)17-9(16-5)8(10)15/h4-9,13-15H,2H2,1H3,(H,11,12)/t4-,5-,6+,7+,8+,9+,10+/m0/s1. The first kappa shape index (κ1) is 11.4. The normalized spacial score (nSPS) is 56.0. The molecule has 17 heavy (non-hydrogen) atoms. The van der Waals surface area contributed by atoms with E-state index in [1.165, 1.54) is 6.92 Å². The SMILES string of the molecule is CC(=O)N[C@]12C[C@H](O)[C@@H]3O[C@H](O[C@H]3[C@H]1O)[C@H]2O. The third kappa shape index (κ3) is 1.31. The highest BCUT2D eigenvalue weighted by atomic mass is 16.8. The summed E-state index contributed by atoms with van der Waals surface area (Å²) in [5, 5.41) is 32.8. The lowest BCUT2D eigenvalue weighted by molar-refractivity contribution is -0.229. The van der Waals surface area contributed by atoms with Crippen molar-refractivity contribution in [2.24, 2.45) is 0 Å². The smallest absolute Gasteiger partial charge is 0.217 e. The molecule has 0 aromatic heterocycles. The lowest BCUT2D eigenvalue weighted by atomic mass is 9.71. The van der Waals surface area contributed by atoms with Crippen LogP contribution >= 0.6 is 0 Å². The second-order valence-corrected chi connectivity index (χ2v) is 4.95. The molecule has 1 aliphatic carbocycles. The van der Waals surface area contributed by atoms with Crippen molar-refractivity contribution in [3.05, 3.63) is 0 Å². The third-order valence-electron chi connectivity index (χ3n) is 3.87. The van der Waals surface area contributed by atoms with Gasteiger partial charge in [0.25, 0.3) is 0 Å². The van der Waals surface area contributed by atoms with Crippen molar-refractivity contribution in [1.82, 2.24) is 5.32 Å². The molecule has 0 aromatic rings. The number of hydrogen-bond acceptors (Lipinski definition) is 6. The highest BCUT2D eigenvalue weighted by Gasteiger charge is 2.68. The molecule has 4 N–H and O–H groups in total. The Balaban J connectivity index is 2.02. The summed E-state index contributed by atoms with van der Waals surface area (Å²) < 4.78 is 10.6. The Hall–Kier alpha value is -0.730. The molecule has 0 radical (unpaired) electrons. The van der Waals surface area contributed by atoms with Crippen LogP contribution in [0.3, 0.4) is 0 Å². The van der Waals surface area contributed by atoms with Crippen molar-refractivity contribution in [3.8, 4) is 0 Å². The van der Waals surface area contributed by atoms with Crippen LogP contribution in [0.2, 0.25) is 0 Å². The van der Waals surface area contributed by atoms with Crippen molar-refractivity contribution in [2.75, 3.05) is 0 Å². The summed E-state index contributed by atoms with van der Waals surface area (Å²) in [5.74, 6) is -0.380. The molecule has 7 atom stereocenters. The maximum Gasteiger partial charge on any atom is 0.217 e. The molecule has 0 spiro atoms. The largest absolute Gasteiger partial charge is 0.390 e. The number of amides is 1. The molecule has 2 heterocycles. The van der Waals surface area contributed by atoms with E-state index in [0.29, 0.717) is 0 Å². The molecule has 0 unspecified atom stereocenters. The highest BCUT2D eigenvalue weighted by molar-refractivity contribution is 5.74. The Labute approximate surface area is 97.3 Å². The number of hydrogen-bond donors (Lipinski definition) is 4. The van der Waals surface area contributed by atoms with E-state index in [-0.39, 0.29) is 12.3 Å². The average Bonchev–Trinajstić information content (AvgIpc) is 2.62. The molecule has 0 aromatic carbocycles. The van der Waals surface area contributed by atoms with Gasteiger partial charge in [0.1, 0.15) is 30.0 Å². The Bertz CT molecular complexity index is 357. The van der Waals surface area contributed by atoms with Crippen molar-refractivity contribution in [1.29, 1.82) is 0 Å². The van der Waals surface area contributed by atoms with Gasteiger partial charge in [0.2, 0.25) is 5.91 Å². The Morgan fingerprint density at radius 3 is 2.53 bits per heavy atom. The van der Waals surface area contributed by atoms with Crippen LogP contribution < -0.4 is 5.32 Å². The fourth-order valence-electron chi connectivity index (χ4n) is 3.15. The van der Waals surface area contributed by atoms with Crippen LogP contribution in [0.1, 0.15) is 13.3 Å². The summed E-state index contributed by atoms with van der Waals surface area (Å²) in [7, 11) is 0. The quantitative estimate of drug-likeness (QED) is 0.406. The number of aliphatic hydroxyl groups excluding tert-OH is 3. The average molecular weight is 245 g/mol. The molecule has 7 nitrogen and oxygen atoms in total. The molecule has 3 fully saturated rings. The zero-order valence-corrected chi connectivity index (χ0v) is 9.24. The first-order chi connectivity index (χ1) is 7.95. The molecule has 1 amide bonds. The van der Waals surface area contributed by atoms with E-state index in [4.69, 9.17) is 9.47 Å². The minimum absolute atomic E-state index is 0.0515. The van der Waals surface area contributed by atoms with Crippen LogP contribution in [0, 0.1) is 0 Å². The van der Waals surface area contributed by atoms with Gasteiger partial charge in [-0.15, -0.1) is 0 Å². The lowest BCUT2D eigenvalue weighted by Gasteiger charge is -2.51. The number of rotatable bonds is 1. The van der Waals surface area contributed by atoms with Gasteiger partial charge >= 0.3 is 0 Å². The molecule has 3 rings (SSSR count). The lowest BCUT2D eigenvalue weighted by Crippen LogP contribution is -2.75. The topological polar surface area (TPSA) is 108 Å². The van der Waals surface area contributed by atoms with Gasteiger partial charge in [-0.1, -0.05) is 0 Å². The van der Waals surface area contributed by atoms with E-state index < -0.39 is 42.3 Å². The number of ether oxygens (including phenoxy) is 2. The second-order valence-electron chi connectivity index (χ2n) is 4.95. The van der Waals surface area contributed by atoms with Crippen LogP contribution in [0.25, 0.3) is 0 Å². The van der Waals surface area contributed by atoms with Crippen LogP contribution in [-0.4, -0.2) is 63.6 Å². The summed E-state index contributed by atoms with van der Waals surface area (Å²) in [4.78, 5) is 11.2. The maximum atomic E-state index is 11.2. The monoisotopic (exact) mass is 245 g/mol. The zero-order valence-electron chi connectivity index (χ0n) is 9.24. The summed E-state index contributed by atoms with van der Waals surface area (Å²) in [6, 6.07) is 0. The molecule has 2 aliphatic heterocycles. The van der Waals surface area contributed by atoms with Crippen molar-refractivity contribution in [2.45, 2.75) is 55.7 Å². The fourth-order valence-corrected chi connectivity index (χ4v) is 3.15. The van der Waals surface area contributed by atoms with Gasteiger partial charge in [-0.25, -0.2) is 0 Å². The van der Waals surface area contributed by atoms with Gasteiger partial charge < -0.3 is 30.1 Å². The van der Waals surface area contributed by atoms with Gasteiger partial charge in [0.15, 0.2) is 6.29 Å². The molecule has 3 aliphatic rings. The summed E-state index contributed by atoms with van der Waals surface area (Å²) >= 11 is 0. The molecule has 7 heteroatoms. The molecular weight excluding hydrogens is 230 g/mol. The summed E-state index contributed by atoms with van der Waals surface area (Å²) in [6.45, 7) is 1.30. The van der Waals surface area contributed by atoms with Crippen LogP contribution in [0.5, 0.6) is 0 Å². The van der Waals surface area contributed by atoms with Gasteiger partial charge in [0.05, 0.1) is 6.10 Å². The first-order valence-corrected chi connectivity index (χ1v) is 5.59. The second kappa shape index (κ2) is 3.39. The zero-order chi connectivity index (χ0) is 12.4. The molecule has 3 bridgehead atoms. The van der Waals surface area contributed by atoms with Gasteiger partial charge in [-0.2, -0.15) is 0 Å². The van der Waals surface area contributed by atoms with Crippen LogP contribution in [0.15, 0.2) is 0 Å². The minimum atomic E-state index is -1.29. The molecular formula is C10H15NO6. The van der Waals surface area contributed by atoms with E-state index >= 15 is 0 Å². The van der Waals surface area contributed by atoms with E-state index in [2.05, 4.69) is 5.32 Å². The van der Waals surface area contributed by atoms with Crippen molar-refractivity contribution >= 4 is 5.91 Å².